The summed E-state index contributed by atoms with van der Waals surface area (Å²) < 4.78 is 0. The minimum absolute atomic E-state index is 0.139. The molecule has 0 fully saturated rings. The largest absolute Gasteiger partial charge is 0.354 e. The first-order valence-corrected chi connectivity index (χ1v) is 14.5. The first-order chi connectivity index (χ1) is 17.9. The standard InChI is InChI=1S/C29H31Cl3N2O2S/c1-2-3-15-33-29(36)27(17-21-9-5-4-6-10-21)34(18-22-11-7-12-23(30)16-22)28(35)20-37-19-24-25(31)13-8-14-26(24)32/h4-14,16,27H,2-3,15,17-20H2,1H3,(H,33,36)/t27-/m0/s1. The van der Waals surface area contributed by atoms with Gasteiger partial charge in [0.2, 0.25) is 11.8 Å². The minimum Gasteiger partial charge on any atom is -0.354 e. The molecule has 3 rings (SSSR count). The van der Waals surface area contributed by atoms with Crippen molar-refractivity contribution in [2.75, 3.05) is 12.3 Å². The summed E-state index contributed by atoms with van der Waals surface area (Å²) >= 11 is 20.3. The number of nitrogens with zero attached hydrogens (tertiary/aromatic N) is 1. The van der Waals surface area contributed by atoms with Crippen molar-refractivity contribution in [3.8, 4) is 0 Å². The molecule has 0 saturated carbocycles. The molecule has 0 spiro atoms. The normalized spacial score (nSPS) is 11.7. The van der Waals surface area contributed by atoms with Gasteiger partial charge in [-0.3, -0.25) is 9.59 Å². The predicted octanol–water partition coefficient (Wildman–Crippen LogP) is 7.44. The van der Waals surface area contributed by atoms with Crippen LogP contribution in [-0.2, 0) is 28.3 Å². The highest BCUT2D eigenvalue weighted by Crippen LogP contribution is 2.28. The lowest BCUT2D eigenvalue weighted by Gasteiger charge is -2.31. The van der Waals surface area contributed by atoms with Gasteiger partial charge in [-0.1, -0.05) is 96.7 Å². The van der Waals surface area contributed by atoms with E-state index in [4.69, 9.17) is 34.8 Å². The fourth-order valence-electron chi connectivity index (χ4n) is 3.89. The van der Waals surface area contributed by atoms with E-state index in [-0.39, 0.29) is 24.1 Å². The lowest BCUT2D eigenvalue weighted by atomic mass is 10.0. The molecule has 0 unspecified atom stereocenters. The lowest BCUT2D eigenvalue weighted by molar-refractivity contribution is -0.139. The highest BCUT2D eigenvalue weighted by molar-refractivity contribution is 7.99. The number of thioether (sulfide) groups is 1. The van der Waals surface area contributed by atoms with Gasteiger partial charge in [-0.05, 0) is 47.4 Å². The maximum Gasteiger partial charge on any atom is 0.243 e. The van der Waals surface area contributed by atoms with Crippen LogP contribution in [0.5, 0.6) is 0 Å². The molecule has 1 atom stereocenters. The van der Waals surface area contributed by atoms with Gasteiger partial charge in [0.1, 0.15) is 6.04 Å². The first-order valence-electron chi connectivity index (χ1n) is 12.2. The number of benzene rings is 3. The lowest BCUT2D eigenvalue weighted by Crippen LogP contribution is -2.51. The number of carbonyl (C=O) groups is 2. The van der Waals surface area contributed by atoms with Crippen molar-refractivity contribution in [1.29, 1.82) is 0 Å². The average molecular weight is 578 g/mol. The number of unbranched alkanes of at least 4 members (excludes halogenated alkanes) is 1. The van der Waals surface area contributed by atoms with E-state index in [1.807, 2.05) is 48.5 Å². The molecule has 37 heavy (non-hydrogen) atoms. The van der Waals surface area contributed by atoms with Crippen molar-refractivity contribution in [1.82, 2.24) is 10.2 Å². The second-order valence-electron chi connectivity index (χ2n) is 8.69. The van der Waals surface area contributed by atoms with Gasteiger partial charge in [0.25, 0.3) is 0 Å². The van der Waals surface area contributed by atoms with E-state index in [2.05, 4.69) is 12.2 Å². The monoisotopic (exact) mass is 576 g/mol. The summed E-state index contributed by atoms with van der Waals surface area (Å²) in [4.78, 5) is 28.8. The van der Waals surface area contributed by atoms with Gasteiger partial charge >= 0.3 is 0 Å². The Balaban J connectivity index is 1.85. The second-order valence-corrected chi connectivity index (χ2v) is 10.9. The summed E-state index contributed by atoms with van der Waals surface area (Å²) in [6.07, 6.45) is 2.25. The molecule has 8 heteroatoms. The van der Waals surface area contributed by atoms with Gasteiger partial charge in [0.05, 0.1) is 5.75 Å². The summed E-state index contributed by atoms with van der Waals surface area (Å²) in [5.74, 6) is 0.364. The number of halogens is 3. The topological polar surface area (TPSA) is 49.4 Å². The Morgan fingerprint density at radius 1 is 0.919 bits per heavy atom. The third kappa shape index (κ3) is 9.26. The van der Waals surface area contributed by atoms with Crippen molar-refractivity contribution >= 4 is 58.4 Å². The average Bonchev–Trinajstić information content (AvgIpc) is 2.88. The zero-order chi connectivity index (χ0) is 26.6. The Bertz CT molecular complexity index is 1160. The third-order valence-electron chi connectivity index (χ3n) is 5.88. The van der Waals surface area contributed by atoms with Crippen molar-refractivity contribution < 1.29 is 9.59 Å². The van der Waals surface area contributed by atoms with Gasteiger partial charge < -0.3 is 10.2 Å². The molecule has 0 aliphatic carbocycles. The summed E-state index contributed by atoms with van der Waals surface area (Å²) in [5, 5.41) is 4.76. The van der Waals surface area contributed by atoms with Crippen LogP contribution in [0.2, 0.25) is 15.1 Å². The van der Waals surface area contributed by atoms with E-state index in [1.165, 1.54) is 11.8 Å². The molecule has 3 aromatic rings. The van der Waals surface area contributed by atoms with E-state index in [0.717, 1.165) is 29.5 Å². The van der Waals surface area contributed by atoms with Crippen LogP contribution < -0.4 is 5.32 Å². The van der Waals surface area contributed by atoms with Gasteiger partial charge in [-0.25, -0.2) is 0 Å². The van der Waals surface area contributed by atoms with E-state index >= 15 is 0 Å². The molecular weight excluding hydrogens is 547 g/mol. The van der Waals surface area contributed by atoms with Crippen LogP contribution in [0.1, 0.15) is 36.5 Å². The van der Waals surface area contributed by atoms with Crippen LogP contribution in [0.3, 0.4) is 0 Å². The number of hydrogen-bond donors (Lipinski definition) is 1. The van der Waals surface area contributed by atoms with Gasteiger partial charge in [0, 0.05) is 40.3 Å². The molecule has 0 aromatic heterocycles. The number of nitrogens with one attached hydrogen (secondary N) is 1. The Morgan fingerprint density at radius 2 is 1.59 bits per heavy atom. The molecule has 2 amide bonds. The summed E-state index contributed by atoms with van der Waals surface area (Å²) in [5.41, 5.74) is 2.64. The number of amides is 2. The highest BCUT2D eigenvalue weighted by atomic mass is 35.5. The van der Waals surface area contributed by atoms with Crippen LogP contribution in [0, 0.1) is 0 Å². The smallest absolute Gasteiger partial charge is 0.243 e. The maximum atomic E-state index is 13.7. The fourth-order valence-corrected chi connectivity index (χ4v) is 5.75. The Hall–Kier alpha value is -2.18. The van der Waals surface area contributed by atoms with Crippen LogP contribution in [0.25, 0.3) is 0 Å². The van der Waals surface area contributed by atoms with E-state index in [1.54, 1.807) is 29.2 Å². The quantitative estimate of drug-likeness (QED) is 0.215. The molecule has 0 bridgehead atoms. The Morgan fingerprint density at radius 3 is 2.27 bits per heavy atom. The Kier molecular flexibility index (Phi) is 12.1. The van der Waals surface area contributed by atoms with Gasteiger partial charge in [-0.15, -0.1) is 11.8 Å². The Labute approximate surface area is 238 Å². The highest BCUT2D eigenvalue weighted by Gasteiger charge is 2.30. The molecule has 0 heterocycles. The van der Waals surface area contributed by atoms with Crippen molar-refractivity contribution in [2.24, 2.45) is 0 Å². The first kappa shape index (κ1) is 29.4. The molecule has 0 saturated heterocycles. The molecule has 196 valence electrons. The molecule has 3 aromatic carbocycles. The molecule has 0 radical (unpaired) electrons. The van der Waals surface area contributed by atoms with Crippen molar-refractivity contribution in [3.05, 3.63) is 105 Å². The van der Waals surface area contributed by atoms with Crippen molar-refractivity contribution in [2.45, 2.75) is 44.5 Å². The van der Waals surface area contributed by atoms with E-state index in [0.29, 0.717) is 33.8 Å². The summed E-state index contributed by atoms with van der Waals surface area (Å²) in [6, 6.07) is 21.8. The van der Waals surface area contributed by atoms with Crippen LogP contribution >= 0.6 is 46.6 Å². The maximum absolute atomic E-state index is 13.7. The molecule has 1 N–H and O–H groups in total. The number of rotatable bonds is 13. The number of carbonyl (C=O) groups excluding carboxylic acids is 2. The SMILES string of the molecule is CCCCNC(=O)[C@H](Cc1ccccc1)N(Cc1cccc(Cl)c1)C(=O)CSCc1c(Cl)cccc1Cl. The van der Waals surface area contributed by atoms with Crippen LogP contribution in [0.15, 0.2) is 72.8 Å². The number of hydrogen-bond acceptors (Lipinski definition) is 3. The van der Waals surface area contributed by atoms with Gasteiger partial charge in [0.15, 0.2) is 0 Å². The van der Waals surface area contributed by atoms with Crippen molar-refractivity contribution in [3.63, 3.8) is 0 Å². The zero-order valence-electron chi connectivity index (χ0n) is 20.8. The molecular formula is C29H31Cl3N2O2S. The zero-order valence-corrected chi connectivity index (χ0v) is 23.8. The van der Waals surface area contributed by atoms with Crippen LogP contribution in [-0.4, -0.2) is 35.1 Å². The summed E-state index contributed by atoms with van der Waals surface area (Å²) in [7, 11) is 0. The molecule has 0 aliphatic heterocycles. The van der Waals surface area contributed by atoms with E-state index < -0.39 is 6.04 Å². The predicted molar refractivity (Wildman–Crippen MR) is 156 cm³/mol. The van der Waals surface area contributed by atoms with E-state index in [9.17, 15) is 9.59 Å². The molecule has 4 nitrogen and oxygen atoms in total. The minimum atomic E-state index is -0.671. The van der Waals surface area contributed by atoms with Gasteiger partial charge in [-0.2, -0.15) is 0 Å². The second kappa shape index (κ2) is 15.3. The molecule has 0 aliphatic rings. The third-order valence-corrected chi connectivity index (χ3v) is 7.76. The fraction of sp³-hybridized carbons (Fsp3) is 0.310. The summed E-state index contributed by atoms with van der Waals surface area (Å²) in [6.45, 7) is 2.91. The van der Waals surface area contributed by atoms with Crippen LogP contribution in [0.4, 0.5) is 0 Å².